The molecule has 1 aliphatic rings. The highest BCUT2D eigenvalue weighted by Crippen LogP contribution is 2.22. The molecule has 2 aromatic carbocycles. The lowest BCUT2D eigenvalue weighted by atomic mass is 10.2. The number of amides is 1. The van der Waals surface area contributed by atoms with Crippen LogP contribution in [0, 0.1) is 0 Å². The molecule has 1 heterocycles. The molecule has 0 aromatic heterocycles. The van der Waals surface area contributed by atoms with Crippen LogP contribution in [0.4, 0.5) is 17.1 Å². The molecule has 0 spiro atoms. The predicted octanol–water partition coefficient (Wildman–Crippen LogP) is 3.51. The highest BCUT2D eigenvalue weighted by Gasteiger charge is 2.30. The van der Waals surface area contributed by atoms with Gasteiger partial charge in [0.1, 0.15) is 0 Å². The van der Waals surface area contributed by atoms with Crippen molar-refractivity contribution >= 4 is 41.1 Å². The van der Waals surface area contributed by atoms with E-state index in [1.165, 1.54) is 5.01 Å². The van der Waals surface area contributed by atoms with E-state index in [2.05, 4.69) is 21.8 Å². The molecule has 1 aliphatic heterocycles. The van der Waals surface area contributed by atoms with Crippen LogP contribution in [0.5, 0.6) is 0 Å². The maximum atomic E-state index is 12.5. The molecular formula is C17H14N4O. The fourth-order valence-electron chi connectivity index (χ4n) is 2.13. The van der Waals surface area contributed by atoms with Crippen molar-refractivity contribution < 1.29 is 4.79 Å². The number of hydrogen-bond acceptors (Lipinski definition) is 4. The number of carbonyl (C=O) groups is 1. The molecule has 0 aliphatic carbocycles. The molecule has 5 heteroatoms. The maximum Gasteiger partial charge on any atom is 0.299 e. The van der Waals surface area contributed by atoms with Crippen molar-refractivity contribution in [3.05, 3.63) is 54.6 Å². The molecule has 0 saturated heterocycles. The van der Waals surface area contributed by atoms with Gasteiger partial charge in [-0.15, -0.1) is 0 Å². The van der Waals surface area contributed by atoms with E-state index in [1.807, 2.05) is 30.3 Å². The van der Waals surface area contributed by atoms with Crippen molar-refractivity contribution in [1.82, 2.24) is 0 Å². The summed E-state index contributed by atoms with van der Waals surface area (Å²) < 4.78 is 0. The second-order valence-corrected chi connectivity index (χ2v) is 4.77. The molecule has 0 fully saturated rings. The third kappa shape index (κ3) is 2.56. The van der Waals surface area contributed by atoms with Gasteiger partial charge < -0.3 is 0 Å². The van der Waals surface area contributed by atoms with Crippen LogP contribution < -0.4 is 5.01 Å². The van der Waals surface area contributed by atoms with E-state index >= 15 is 0 Å². The van der Waals surface area contributed by atoms with Gasteiger partial charge in [-0.1, -0.05) is 18.2 Å². The van der Waals surface area contributed by atoms with Crippen LogP contribution >= 0.6 is 0 Å². The lowest BCUT2D eigenvalue weighted by Crippen LogP contribution is -2.26. The Morgan fingerprint density at radius 1 is 1.00 bits per heavy atom. The van der Waals surface area contributed by atoms with Gasteiger partial charge in [0, 0.05) is 0 Å². The van der Waals surface area contributed by atoms with Gasteiger partial charge in [0.15, 0.2) is 5.71 Å². The molecule has 0 N–H and O–H groups in total. The van der Waals surface area contributed by atoms with Gasteiger partial charge in [-0.05, 0) is 50.0 Å². The van der Waals surface area contributed by atoms with Gasteiger partial charge in [0.25, 0.3) is 5.91 Å². The molecule has 108 valence electrons. The monoisotopic (exact) mass is 290 g/mol. The van der Waals surface area contributed by atoms with Crippen LogP contribution in [0.15, 0.2) is 69.7 Å². The highest BCUT2D eigenvalue weighted by molar-refractivity contribution is 6.71. The Morgan fingerprint density at radius 2 is 1.64 bits per heavy atom. The summed E-state index contributed by atoms with van der Waals surface area (Å²) in [7, 11) is 0. The molecule has 3 rings (SSSR count). The Morgan fingerprint density at radius 3 is 2.27 bits per heavy atom. The molecule has 0 radical (unpaired) electrons. The first-order chi connectivity index (χ1) is 10.7. The molecule has 0 unspecified atom stereocenters. The van der Waals surface area contributed by atoms with Crippen LogP contribution in [0.1, 0.15) is 6.92 Å². The Kier molecular flexibility index (Phi) is 3.62. The van der Waals surface area contributed by atoms with Crippen molar-refractivity contribution in [2.24, 2.45) is 15.1 Å². The summed E-state index contributed by atoms with van der Waals surface area (Å²) in [6.45, 7) is 5.24. The summed E-state index contributed by atoms with van der Waals surface area (Å²) in [6, 6.07) is 16.5. The first-order valence-electron chi connectivity index (χ1n) is 6.79. The minimum absolute atomic E-state index is 0.227. The maximum absolute atomic E-state index is 12.5. The van der Waals surface area contributed by atoms with Crippen LogP contribution in [0.2, 0.25) is 0 Å². The number of para-hydroxylation sites is 1. The average molecular weight is 290 g/mol. The van der Waals surface area contributed by atoms with E-state index in [-0.39, 0.29) is 5.91 Å². The first kappa shape index (κ1) is 13.9. The molecule has 0 saturated carbocycles. The second kappa shape index (κ2) is 5.73. The van der Waals surface area contributed by atoms with E-state index in [0.29, 0.717) is 17.1 Å². The zero-order valence-corrected chi connectivity index (χ0v) is 12.1. The fourth-order valence-corrected chi connectivity index (χ4v) is 2.13. The highest BCUT2D eigenvalue weighted by atomic mass is 16.2. The fraction of sp³-hybridized carbons (Fsp3) is 0.0588. The van der Waals surface area contributed by atoms with Gasteiger partial charge in [-0.25, -0.2) is 4.99 Å². The second-order valence-electron chi connectivity index (χ2n) is 4.77. The summed E-state index contributed by atoms with van der Waals surface area (Å²) in [6.07, 6.45) is 0. The molecule has 0 atom stereocenters. The smallest absolute Gasteiger partial charge is 0.265 e. The van der Waals surface area contributed by atoms with Gasteiger partial charge in [-0.3, -0.25) is 9.79 Å². The Bertz CT molecular complexity index is 776. The standard InChI is InChI=1S/C17H14N4O/c1-12-16(19-14-10-8-13(18-2)9-11-14)17(22)21(20-12)15-6-4-3-5-7-15/h3-11H,2H2,1H3. The predicted molar refractivity (Wildman–Crippen MR) is 89.8 cm³/mol. The largest absolute Gasteiger partial charge is 0.299 e. The average Bonchev–Trinajstić information content (AvgIpc) is 2.84. The summed E-state index contributed by atoms with van der Waals surface area (Å²) in [4.78, 5) is 20.7. The van der Waals surface area contributed by atoms with Crippen molar-refractivity contribution in [2.45, 2.75) is 6.92 Å². The van der Waals surface area contributed by atoms with Crippen molar-refractivity contribution in [3.63, 3.8) is 0 Å². The SMILES string of the molecule is C=Nc1ccc(N=C2C(=O)N(c3ccccc3)N=C2C)cc1. The van der Waals surface area contributed by atoms with Crippen molar-refractivity contribution in [3.8, 4) is 0 Å². The molecule has 2 aromatic rings. The lowest BCUT2D eigenvalue weighted by molar-refractivity contribution is -0.112. The van der Waals surface area contributed by atoms with E-state index in [0.717, 1.165) is 11.4 Å². The Balaban J connectivity index is 1.92. The number of nitrogens with zero attached hydrogens (tertiary/aromatic N) is 4. The van der Waals surface area contributed by atoms with Crippen molar-refractivity contribution in [2.75, 3.05) is 5.01 Å². The van der Waals surface area contributed by atoms with E-state index in [9.17, 15) is 4.79 Å². The van der Waals surface area contributed by atoms with Gasteiger partial charge >= 0.3 is 0 Å². The molecule has 22 heavy (non-hydrogen) atoms. The summed E-state index contributed by atoms with van der Waals surface area (Å²) >= 11 is 0. The number of anilines is 1. The Labute approximate surface area is 128 Å². The lowest BCUT2D eigenvalue weighted by Gasteiger charge is -2.10. The molecular weight excluding hydrogens is 276 g/mol. The number of hydrazone groups is 1. The van der Waals surface area contributed by atoms with E-state index in [4.69, 9.17) is 0 Å². The minimum atomic E-state index is -0.227. The topological polar surface area (TPSA) is 57.4 Å². The summed E-state index contributed by atoms with van der Waals surface area (Å²) in [5.41, 5.74) is 3.12. The zero-order chi connectivity index (χ0) is 15.5. The Hall–Kier alpha value is -3.08. The number of rotatable bonds is 3. The normalized spacial score (nSPS) is 16.0. The third-order valence-corrected chi connectivity index (χ3v) is 3.26. The van der Waals surface area contributed by atoms with Crippen LogP contribution in [0.3, 0.4) is 0 Å². The van der Waals surface area contributed by atoms with Gasteiger partial charge in [-0.2, -0.15) is 10.1 Å². The third-order valence-electron chi connectivity index (χ3n) is 3.26. The minimum Gasteiger partial charge on any atom is -0.265 e. The van der Waals surface area contributed by atoms with E-state index in [1.54, 1.807) is 31.2 Å². The quantitative estimate of drug-likeness (QED) is 0.798. The van der Waals surface area contributed by atoms with Crippen LogP contribution in [-0.2, 0) is 4.79 Å². The van der Waals surface area contributed by atoms with Crippen molar-refractivity contribution in [1.29, 1.82) is 0 Å². The molecule has 0 bridgehead atoms. The van der Waals surface area contributed by atoms with Gasteiger partial charge in [0.2, 0.25) is 0 Å². The molecule has 5 nitrogen and oxygen atoms in total. The van der Waals surface area contributed by atoms with Crippen LogP contribution in [-0.4, -0.2) is 24.0 Å². The first-order valence-corrected chi connectivity index (χ1v) is 6.79. The van der Waals surface area contributed by atoms with Gasteiger partial charge in [0.05, 0.1) is 22.8 Å². The summed E-state index contributed by atoms with van der Waals surface area (Å²) in [5, 5.41) is 5.66. The summed E-state index contributed by atoms with van der Waals surface area (Å²) in [5.74, 6) is -0.227. The number of carbonyl (C=O) groups excluding carboxylic acids is 1. The van der Waals surface area contributed by atoms with E-state index < -0.39 is 0 Å². The number of aliphatic imine (C=N–C) groups is 2. The zero-order valence-electron chi connectivity index (χ0n) is 12.1. The number of hydrogen-bond donors (Lipinski definition) is 0. The van der Waals surface area contributed by atoms with Crippen LogP contribution in [0.25, 0.3) is 0 Å². The number of benzene rings is 2. The molecule has 1 amide bonds.